The molecule has 0 saturated carbocycles. The van der Waals surface area contributed by atoms with Crippen molar-refractivity contribution in [3.63, 3.8) is 0 Å². The molecule has 1 rings (SSSR count). The first-order valence-electron chi connectivity index (χ1n) is 5.32. The van der Waals surface area contributed by atoms with Crippen molar-refractivity contribution in [3.8, 4) is 0 Å². The van der Waals surface area contributed by atoms with E-state index in [0.717, 1.165) is 0 Å². The normalized spacial score (nSPS) is 37.8. The smallest absolute Gasteiger partial charge is 0.217 e. The molecule has 100 valence electrons. The molecule has 1 amide bonds. The molecule has 17 heavy (non-hydrogen) atoms. The molecule has 1 heterocycles. The van der Waals surface area contributed by atoms with Crippen LogP contribution in [0.15, 0.2) is 0 Å². The summed E-state index contributed by atoms with van der Waals surface area (Å²) >= 11 is 0. The monoisotopic (exact) mass is 249 g/mol. The van der Waals surface area contributed by atoms with E-state index in [1.807, 2.05) is 0 Å². The Morgan fingerprint density at radius 1 is 1.41 bits per heavy atom. The second kappa shape index (κ2) is 6.27. The first-order chi connectivity index (χ1) is 8.04. The second-order valence-electron chi connectivity index (χ2n) is 3.88. The number of carbonyl (C=O) groups is 1. The number of ether oxygens (including phenoxy) is 3. The van der Waals surface area contributed by atoms with E-state index in [9.17, 15) is 9.90 Å². The Balaban J connectivity index is 2.86. The molecule has 0 radical (unpaired) electrons. The predicted octanol–water partition coefficient (Wildman–Crippen LogP) is -1.77. The summed E-state index contributed by atoms with van der Waals surface area (Å²) in [5.41, 5.74) is 0. The van der Waals surface area contributed by atoms with Crippen molar-refractivity contribution in [1.82, 2.24) is 5.32 Å². The number of hydrogen-bond acceptors (Lipinski definition) is 6. The van der Waals surface area contributed by atoms with Crippen molar-refractivity contribution in [2.45, 2.75) is 37.6 Å². The van der Waals surface area contributed by atoms with E-state index in [1.165, 1.54) is 21.1 Å². The first kappa shape index (κ1) is 14.3. The van der Waals surface area contributed by atoms with Gasteiger partial charge >= 0.3 is 0 Å². The van der Waals surface area contributed by atoms with Gasteiger partial charge in [-0.2, -0.15) is 0 Å². The Bertz CT molecular complexity index is 261. The Morgan fingerprint density at radius 2 is 2.06 bits per heavy atom. The quantitative estimate of drug-likeness (QED) is 0.545. The molecule has 5 atom stereocenters. The summed E-state index contributed by atoms with van der Waals surface area (Å²) in [4.78, 5) is 11.1. The summed E-state index contributed by atoms with van der Waals surface area (Å²) in [6.07, 6.45) is -3.30. The minimum Gasteiger partial charge on any atom is -0.394 e. The lowest BCUT2D eigenvalue weighted by Crippen LogP contribution is -2.64. The van der Waals surface area contributed by atoms with Gasteiger partial charge in [-0.1, -0.05) is 0 Å². The van der Waals surface area contributed by atoms with Crippen LogP contribution < -0.4 is 5.32 Å². The Kier molecular flexibility index (Phi) is 5.29. The third-order valence-electron chi connectivity index (χ3n) is 2.73. The fourth-order valence-electron chi connectivity index (χ4n) is 1.94. The molecule has 0 bridgehead atoms. The number of methoxy groups -OCH3 is 2. The van der Waals surface area contributed by atoms with E-state index in [2.05, 4.69) is 5.32 Å². The molecule has 0 aromatic rings. The Morgan fingerprint density at radius 3 is 2.47 bits per heavy atom. The summed E-state index contributed by atoms with van der Waals surface area (Å²) in [7, 11) is 2.83. The van der Waals surface area contributed by atoms with Crippen molar-refractivity contribution in [1.29, 1.82) is 0 Å². The second-order valence-corrected chi connectivity index (χ2v) is 3.88. The third kappa shape index (κ3) is 3.14. The summed E-state index contributed by atoms with van der Waals surface area (Å²) in [6, 6.07) is -0.625. The standard InChI is InChI=1S/C10H19NO6/c1-5(13)11-7-9(15-2)8(14)6(4-12)17-10(7)16-3/h6-10,12,14H,4H2,1-3H3,(H,11,13)/t6?,7?,8-,9?,10-/m1/s1. The van der Waals surface area contributed by atoms with Crippen LogP contribution in [0.4, 0.5) is 0 Å². The number of amides is 1. The molecular weight excluding hydrogens is 230 g/mol. The van der Waals surface area contributed by atoms with Crippen LogP contribution in [0.5, 0.6) is 0 Å². The van der Waals surface area contributed by atoms with Gasteiger partial charge in [0, 0.05) is 21.1 Å². The van der Waals surface area contributed by atoms with Crippen LogP contribution in [0.2, 0.25) is 0 Å². The van der Waals surface area contributed by atoms with Crippen molar-refractivity contribution in [3.05, 3.63) is 0 Å². The van der Waals surface area contributed by atoms with E-state index in [1.54, 1.807) is 0 Å². The highest BCUT2D eigenvalue weighted by Gasteiger charge is 2.45. The van der Waals surface area contributed by atoms with Crippen LogP contribution in [0, 0.1) is 0 Å². The largest absolute Gasteiger partial charge is 0.394 e. The Hall–Kier alpha value is -0.730. The van der Waals surface area contributed by atoms with Gasteiger partial charge in [-0.25, -0.2) is 0 Å². The van der Waals surface area contributed by atoms with Crippen LogP contribution in [-0.4, -0.2) is 67.6 Å². The maximum Gasteiger partial charge on any atom is 0.217 e. The van der Waals surface area contributed by atoms with E-state index in [-0.39, 0.29) is 12.5 Å². The van der Waals surface area contributed by atoms with Gasteiger partial charge in [0.15, 0.2) is 6.29 Å². The van der Waals surface area contributed by atoms with Gasteiger partial charge in [-0.3, -0.25) is 4.79 Å². The van der Waals surface area contributed by atoms with E-state index in [4.69, 9.17) is 19.3 Å². The number of hydrogen-bond donors (Lipinski definition) is 3. The fourth-order valence-corrected chi connectivity index (χ4v) is 1.94. The lowest BCUT2D eigenvalue weighted by molar-refractivity contribution is -0.266. The number of nitrogens with one attached hydrogen (secondary N) is 1. The summed E-state index contributed by atoms with van der Waals surface area (Å²) in [5.74, 6) is -0.280. The van der Waals surface area contributed by atoms with Gasteiger partial charge in [-0.15, -0.1) is 0 Å². The third-order valence-corrected chi connectivity index (χ3v) is 2.73. The highest BCUT2D eigenvalue weighted by atomic mass is 16.7. The Labute approximate surface area is 99.7 Å². The molecule has 7 heteroatoms. The molecule has 7 nitrogen and oxygen atoms in total. The molecule has 0 spiro atoms. The van der Waals surface area contributed by atoms with Crippen LogP contribution in [-0.2, 0) is 19.0 Å². The van der Waals surface area contributed by atoms with Crippen molar-refractivity contribution >= 4 is 5.91 Å². The highest BCUT2D eigenvalue weighted by molar-refractivity contribution is 5.73. The average molecular weight is 249 g/mol. The molecule has 1 aliphatic heterocycles. The van der Waals surface area contributed by atoms with Gasteiger partial charge < -0.3 is 29.7 Å². The maximum atomic E-state index is 11.1. The van der Waals surface area contributed by atoms with Crippen LogP contribution >= 0.6 is 0 Å². The summed E-state index contributed by atoms with van der Waals surface area (Å²) in [5, 5.41) is 21.6. The number of aliphatic hydroxyl groups excluding tert-OH is 2. The van der Waals surface area contributed by atoms with Crippen molar-refractivity contribution in [2.75, 3.05) is 20.8 Å². The average Bonchev–Trinajstić information content (AvgIpc) is 2.29. The van der Waals surface area contributed by atoms with Crippen LogP contribution in [0.25, 0.3) is 0 Å². The molecule has 3 unspecified atom stereocenters. The van der Waals surface area contributed by atoms with Crippen molar-refractivity contribution in [2.24, 2.45) is 0 Å². The summed E-state index contributed by atoms with van der Waals surface area (Å²) < 4.78 is 15.5. The molecule has 0 aromatic carbocycles. The molecule has 0 aromatic heterocycles. The van der Waals surface area contributed by atoms with Gasteiger partial charge in [-0.05, 0) is 0 Å². The molecule has 1 aliphatic rings. The number of aliphatic hydroxyl groups is 2. The molecule has 1 saturated heterocycles. The minimum atomic E-state index is -1.03. The highest BCUT2D eigenvalue weighted by Crippen LogP contribution is 2.23. The van der Waals surface area contributed by atoms with Crippen LogP contribution in [0.3, 0.4) is 0 Å². The molecule has 1 fully saturated rings. The lowest BCUT2D eigenvalue weighted by atomic mass is 9.96. The first-order valence-corrected chi connectivity index (χ1v) is 5.32. The van der Waals surface area contributed by atoms with Gasteiger partial charge in [0.1, 0.15) is 24.4 Å². The van der Waals surface area contributed by atoms with E-state index >= 15 is 0 Å². The number of rotatable bonds is 4. The van der Waals surface area contributed by atoms with Gasteiger partial charge in [0.2, 0.25) is 5.91 Å². The maximum absolute atomic E-state index is 11.1. The minimum absolute atomic E-state index is 0.280. The molecular formula is C10H19NO6. The van der Waals surface area contributed by atoms with E-state index < -0.39 is 30.6 Å². The zero-order chi connectivity index (χ0) is 13.0. The zero-order valence-corrected chi connectivity index (χ0v) is 10.1. The molecule has 3 N–H and O–H groups in total. The SMILES string of the molecule is COC1C(NC(C)=O)[C@H](OC)OC(CO)[C@H]1O. The number of carbonyl (C=O) groups excluding carboxylic acids is 1. The molecule has 0 aliphatic carbocycles. The zero-order valence-electron chi connectivity index (χ0n) is 10.1. The van der Waals surface area contributed by atoms with Gasteiger partial charge in [0.05, 0.1) is 6.61 Å². The lowest BCUT2D eigenvalue weighted by Gasteiger charge is -2.43. The fraction of sp³-hybridized carbons (Fsp3) is 0.900. The predicted molar refractivity (Wildman–Crippen MR) is 57.2 cm³/mol. The topological polar surface area (TPSA) is 97.3 Å². The van der Waals surface area contributed by atoms with Gasteiger partial charge in [0.25, 0.3) is 0 Å². The summed E-state index contributed by atoms with van der Waals surface area (Å²) in [6.45, 7) is 0.998. The van der Waals surface area contributed by atoms with E-state index in [0.29, 0.717) is 0 Å². The van der Waals surface area contributed by atoms with Crippen molar-refractivity contribution < 1.29 is 29.2 Å². The van der Waals surface area contributed by atoms with Crippen LogP contribution in [0.1, 0.15) is 6.92 Å².